The van der Waals surface area contributed by atoms with Crippen LogP contribution in [0.1, 0.15) is 24.5 Å². The van der Waals surface area contributed by atoms with Gasteiger partial charge in [-0.3, -0.25) is 0 Å². The van der Waals surface area contributed by atoms with E-state index >= 15 is 0 Å². The number of nitrogens with zero attached hydrogens (tertiary/aromatic N) is 5. The fraction of sp³-hybridized carbons (Fsp3) is 0.357. The van der Waals surface area contributed by atoms with Gasteiger partial charge in [0.15, 0.2) is 17.4 Å². The van der Waals surface area contributed by atoms with Gasteiger partial charge >= 0.3 is 0 Å². The molecule has 0 aromatic carbocycles. The maximum atomic E-state index is 5.42. The molecule has 21 heavy (non-hydrogen) atoms. The molecule has 0 atom stereocenters. The molecular weight excluding hydrogens is 270 g/mol. The summed E-state index contributed by atoms with van der Waals surface area (Å²) in [7, 11) is 1.59. The van der Waals surface area contributed by atoms with Crippen LogP contribution in [0.15, 0.2) is 17.5 Å². The van der Waals surface area contributed by atoms with Crippen molar-refractivity contribution in [1.29, 1.82) is 0 Å². The van der Waals surface area contributed by atoms with Crippen LogP contribution < -0.4 is 9.47 Å². The molecule has 0 amide bonds. The standard InChI is InChI=1S/C14H13N5O2/c1-20-14-10(11(8-2-3-8)17-7-18-14)13-16-6-9-12(19-13)15-4-5-21-9/h4,6-8H,2-3,5H2,1H3. The van der Waals surface area contributed by atoms with E-state index in [4.69, 9.17) is 9.47 Å². The predicted octanol–water partition coefficient (Wildman–Crippen LogP) is 1.91. The number of ether oxygens (including phenoxy) is 2. The number of rotatable bonds is 3. The van der Waals surface area contributed by atoms with E-state index in [0.29, 0.717) is 35.8 Å². The lowest BCUT2D eigenvalue weighted by Crippen LogP contribution is -2.06. The van der Waals surface area contributed by atoms with E-state index in [1.165, 1.54) is 6.33 Å². The van der Waals surface area contributed by atoms with Crippen molar-refractivity contribution in [2.75, 3.05) is 13.7 Å². The van der Waals surface area contributed by atoms with Crippen molar-refractivity contribution in [3.8, 4) is 23.0 Å². The van der Waals surface area contributed by atoms with Gasteiger partial charge in [0.25, 0.3) is 0 Å². The van der Waals surface area contributed by atoms with Crippen LogP contribution in [0.2, 0.25) is 0 Å². The van der Waals surface area contributed by atoms with E-state index in [1.54, 1.807) is 19.5 Å². The van der Waals surface area contributed by atoms with Crippen molar-refractivity contribution in [1.82, 2.24) is 19.9 Å². The number of fused-ring (bicyclic) bond motifs is 1. The topological polar surface area (TPSA) is 82.4 Å². The summed E-state index contributed by atoms with van der Waals surface area (Å²) < 4.78 is 10.8. The average Bonchev–Trinajstić information content (AvgIpc) is 3.38. The maximum absolute atomic E-state index is 5.42. The highest BCUT2D eigenvalue weighted by Gasteiger charge is 2.31. The molecule has 2 aromatic rings. The molecule has 0 radical (unpaired) electrons. The van der Waals surface area contributed by atoms with Gasteiger partial charge in [0, 0.05) is 12.1 Å². The van der Waals surface area contributed by atoms with E-state index in [9.17, 15) is 0 Å². The smallest absolute Gasteiger partial charge is 0.227 e. The highest BCUT2D eigenvalue weighted by molar-refractivity contribution is 5.71. The zero-order valence-electron chi connectivity index (χ0n) is 11.5. The second-order valence-corrected chi connectivity index (χ2v) is 4.92. The second kappa shape index (κ2) is 4.76. The van der Waals surface area contributed by atoms with Gasteiger partial charge in [0.05, 0.1) is 19.0 Å². The molecule has 0 N–H and O–H groups in total. The van der Waals surface area contributed by atoms with Crippen LogP contribution >= 0.6 is 0 Å². The summed E-state index contributed by atoms with van der Waals surface area (Å²) in [6.45, 7) is 0.445. The minimum Gasteiger partial charge on any atom is -0.482 e. The molecule has 1 saturated carbocycles. The lowest BCUT2D eigenvalue weighted by Gasteiger charge is -2.13. The third kappa shape index (κ3) is 2.10. The summed E-state index contributed by atoms with van der Waals surface area (Å²) in [4.78, 5) is 21.7. The number of hydrogen-bond acceptors (Lipinski definition) is 7. The average molecular weight is 283 g/mol. The van der Waals surface area contributed by atoms with Crippen molar-refractivity contribution in [2.24, 2.45) is 4.99 Å². The van der Waals surface area contributed by atoms with Crippen LogP contribution in [0.5, 0.6) is 11.6 Å². The molecule has 3 heterocycles. The minimum absolute atomic E-state index is 0.441. The van der Waals surface area contributed by atoms with Crippen molar-refractivity contribution in [3.05, 3.63) is 18.2 Å². The normalized spacial score (nSPS) is 16.2. The summed E-state index contributed by atoms with van der Waals surface area (Å²) >= 11 is 0. The highest BCUT2D eigenvalue weighted by atomic mass is 16.5. The van der Waals surface area contributed by atoms with Crippen LogP contribution in [-0.4, -0.2) is 39.9 Å². The van der Waals surface area contributed by atoms with Crippen LogP contribution in [0.3, 0.4) is 0 Å². The van der Waals surface area contributed by atoms with Gasteiger partial charge < -0.3 is 9.47 Å². The summed E-state index contributed by atoms with van der Waals surface area (Å²) in [6.07, 6.45) is 7.09. The van der Waals surface area contributed by atoms with Gasteiger partial charge in [-0.05, 0) is 12.8 Å². The first kappa shape index (κ1) is 12.2. The van der Waals surface area contributed by atoms with E-state index in [-0.39, 0.29) is 0 Å². The van der Waals surface area contributed by atoms with Gasteiger partial charge in [-0.15, -0.1) is 0 Å². The Hall–Kier alpha value is -2.57. The molecule has 106 valence electrons. The van der Waals surface area contributed by atoms with Gasteiger partial charge in [-0.25, -0.2) is 24.9 Å². The Balaban J connectivity index is 1.88. The summed E-state index contributed by atoms with van der Waals surface area (Å²) in [6, 6.07) is 0. The Bertz CT molecular complexity index is 727. The van der Waals surface area contributed by atoms with Crippen molar-refractivity contribution in [2.45, 2.75) is 18.8 Å². The molecule has 1 aliphatic carbocycles. The lowest BCUT2D eigenvalue weighted by molar-refractivity contribution is 0.373. The molecule has 1 fully saturated rings. The Labute approximate surface area is 121 Å². The van der Waals surface area contributed by atoms with E-state index in [1.807, 2.05) is 0 Å². The third-order valence-corrected chi connectivity index (χ3v) is 3.49. The van der Waals surface area contributed by atoms with Crippen LogP contribution in [0.4, 0.5) is 5.82 Å². The SMILES string of the molecule is COc1ncnc(C2CC2)c1-c1ncc2c(n1)N=CCO2. The quantitative estimate of drug-likeness (QED) is 0.855. The van der Waals surface area contributed by atoms with E-state index in [2.05, 4.69) is 24.9 Å². The molecule has 2 aromatic heterocycles. The van der Waals surface area contributed by atoms with Crippen LogP contribution in [-0.2, 0) is 0 Å². The highest BCUT2D eigenvalue weighted by Crippen LogP contribution is 2.45. The van der Waals surface area contributed by atoms with Crippen LogP contribution in [0.25, 0.3) is 11.4 Å². The van der Waals surface area contributed by atoms with Gasteiger partial charge in [-0.1, -0.05) is 0 Å². The summed E-state index contributed by atoms with van der Waals surface area (Å²) in [5.41, 5.74) is 1.70. The van der Waals surface area contributed by atoms with Gasteiger partial charge in [-0.2, -0.15) is 0 Å². The molecule has 0 spiro atoms. The Morgan fingerprint density at radius 3 is 2.95 bits per heavy atom. The molecule has 7 heteroatoms. The number of methoxy groups -OCH3 is 1. The molecule has 0 bridgehead atoms. The van der Waals surface area contributed by atoms with Gasteiger partial charge in [0.1, 0.15) is 18.5 Å². The second-order valence-electron chi connectivity index (χ2n) is 4.92. The zero-order chi connectivity index (χ0) is 14.2. The Morgan fingerprint density at radius 2 is 2.14 bits per heavy atom. The van der Waals surface area contributed by atoms with Gasteiger partial charge in [0.2, 0.25) is 5.88 Å². The molecule has 4 rings (SSSR count). The summed E-state index contributed by atoms with van der Waals surface area (Å²) in [5.74, 6) is 2.57. The third-order valence-electron chi connectivity index (χ3n) is 3.49. The molecular formula is C14H13N5O2. The molecule has 1 aliphatic heterocycles. The predicted molar refractivity (Wildman–Crippen MR) is 75.2 cm³/mol. The summed E-state index contributed by atoms with van der Waals surface area (Å²) in [5, 5.41) is 0. The monoisotopic (exact) mass is 283 g/mol. The zero-order valence-corrected chi connectivity index (χ0v) is 11.5. The van der Waals surface area contributed by atoms with Crippen molar-refractivity contribution >= 4 is 12.0 Å². The number of hydrogen-bond donors (Lipinski definition) is 0. The fourth-order valence-electron chi connectivity index (χ4n) is 2.34. The molecule has 7 nitrogen and oxygen atoms in total. The first-order chi connectivity index (χ1) is 10.4. The minimum atomic E-state index is 0.441. The van der Waals surface area contributed by atoms with Crippen molar-refractivity contribution in [3.63, 3.8) is 0 Å². The fourth-order valence-corrected chi connectivity index (χ4v) is 2.34. The molecule has 2 aliphatic rings. The Morgan fingerprint density at radius 1 is 1.24 bits per heavy atom. The lowest BCUT2D eigenvalue weighted by atomic mass is 10.1. The largest absolute Gasteiger partial charge is 0.482 e. The number of aromatic nitrogens is 4. The van der Waals surface area contributed by atoms with E-state index in [0.717, 1.165) is 24.1 Å². The van der Waals surface area contributed by atoms with E-state index < -0.39 is 0 Å². The number of aliphatic imine (C=N–C) groups is 1. The first-order valence-electron chi connectivity index (χ1n) is 6.78. The first-order valence-corrected chi connectivity index (χ1v) is 6.78. The molecule has 0 unspecified atom stereocenters. The van der Waals surface area contributed by atoms with Crippen molar-refractivity contribution < 1.29 is 9.47 Å². The van der Waals surface area contributed by atoms with Crippen LogP contribution in [0, 0.1) is 0 Å². The molecule has 0 saturated heterocycles. The Kier molecular flexibility index (Phi) is 2.77. The maximum Gasteiger partial charge on any atom is 0.227 e.